The smallest absolute Gasteiger partial charge is 0.220 e. The highest BCUT2D eigenvalue weighted by molar-refractivity contribution is 5.95. The molecule has 4 nitrogen and oxygen atoms in total. The van der Waals surface area contributed by atoms with Crippen molar-refractivity contribution in [2.24, 2.45) is 0 Å². The highest BCUT2D eigenvalue weighted by Crippen LogP contribution is 2.29. The highest BCUT2D eigenvalue weighted by atomic mass is 19.1. The third-order valence-electron chi connectivity index (χ3n) is 2.86. The van der Waals surface area contributed by atoms with E-state index in [1.807, 2.05) is 25.1 Å². The van der Waals surface area contributed by atoms with Gasteiger partial charge in [0.1, 0.15) is 5.69 Å². The third-order valence-corrected chi connectivity index (χ3v) is 2.86. The molecule has 2 heterocycles. The van der Waals surface area contributed by atoms with Gasteiger partial charge < -0.3 is 10.7 Å². The Bertz CT molecular complexity index is 733. The summed E-state index contributed by atoms with van der Waals surface area (Å²) >= 11 is 0. The Morgan fingerprint density at radius 3 is 3.00 bits per heavy atom. The molecule has 0 radical (unpaired) electrons. The third kappa shape index (κ3) is 1.60. The van der Waals surface area contributed by atoms with Crippen LogP contribution in [0.3, 0.4) is 0 Å². The highest BCUT2D eigenvalue weighted by Gasteiger charge is 2.13. The SMILES string of the molecule is Cc1ccc2c(-c3nc(N)ncc3F)c[nH]c2c1. The predicted octanol–water partition coefficient (Wildman–Crippen LogP) is 2.65. The number of aromatic nitrogens is 3. The van der Waals surface area contributed by atoms with Crippen molar-refractivity contribution in [1.82, 2.24) is 15.0 Å². The summed E-state index contributed by atoms with van der Waals surface area (Å²) in [5, 5.41) is 0.914. The van der Waals surface area contributed by atoms with Crippen LogP contribution in [0.1, 0.15) is 5.56 Å². The minimum absolute atomic E-state index is 0.0628. The van der Waals surface area contributed by atoms with Crippen LogP contribution in [0.25, 0.3) is 22.2 Å². The zero-order valence-electron chi connectivity index (χ0n) is 9.74. The van der Waals surface area contributed by atoms with Crippen LogP contribution in [0.5, 0.6) is 0 Å². The molecule has 3 N–H and O–H groups in total. The fourth-order valence-corrected chi connectivity index (χ4v) is 2.01. The van der Waals surface area contributed by atoms with E-state index in [0.717, 1.165) is 22.7 Å². The molecular weight excluding hydrogens is 231 g/mol. The fourth-order valence-electron chi connectivity index (χ4n) is 2.01. The van der Waals surface area contributed by atoms with Gasteiger partial charge in [-0.3, -0.25) is 0 Å². The van der Waals surface area contributed by atoms with Gasteiger partial charge in [-0.15, -0.1) is 0 Å². The minimum atomic E-state index is -0.481. The zero-order chi connectivity index (χ0) is 12.7. The molecule has 0 unspecified atom stereocenters. The summed E-state index contributed by atoms with van der Waals surface area (Å²) < 4.78 is 13.7. The van der Waals surface area contributed by atoms with Gasteiger partial charge in [-0.2, -0.15) is 0 Å². The molecule has 3 aromatic rings. The van der Waals surface area contributed by atoms with E-state index in [9.17, 15) is 4.39 Å². The van der Waals surface area contributed by atoms with Crippen LogP contribution in [-0.2, 0) is 0 Å². The molecule has 2 aromatic heterocycles. The van der Waals surface area contributed by atoms with Crippen LogP contribution in [0.15, 0.2) is 30.6 Å². The molecule has 0 saturated carbocycles. The lowest BCUT2D eigenvalue weighted by Crippen LogP contribution is -1.98. The van der Waals surface area contributed by atoms with E-state index in [0.29, 0.717) is 5.56 Å². The number of H-pyrrole nitrogens is 1. The average molecular weight is 242 g/mol. The Balaban J connectivity index is 2.28. The van der Waals surface area contributed by atoms with Crippen molar-refractivity contribution in [3.8, 4) is 11.3 Å². The van der Waals surface area contributed by atoms with E-state index in [2.05, 4.69) is 15.0 Å². The zero-order valence-corrected chi connectivity index (χ0v) is 9.74. The first kappa shape index (κ1) is 10.7. The van der Waals surface area contributed by atoms with Crippen LogP contribution in [0, 0.1) is 12.7 Å². The second-order valence-corrected chi connectivity index (χ2v) is 4.18. The van der Waals surface area contributed by atoms with Crippen molar-refractivity contribution < 1.29 is 4.39 Å². The second-order valence-electron chi connectivity index (χ2n) is 4.18. The monoisotopic (exact) mass is 242 g/mol. The Morgan fingerprint density at radius 1 is 1.33 bits per heavy atom. The van der Waals surface area contributed by atoms with Gasteiger partial charge in [0.2, 0.25) is 5.95 Å². The molecule has 90 valence electrons. The number of hydrogen-bond donors (Lipinski definition) is 2. The van der Waals surface area contributed by atoms with Crippen molar-refractivity contribution in [3.05, 3.63) is 42.0 Å². The summed E-state index contributed by atoms with van der Waals surface area (Å²) in [4.78, 5) is 10.7. The standard InChI is InChI=1S/C13H11FN4/c1-7-2-3-8-9(5-16-11(8)4-7)12-10(14)6-17-13(15)18-12/h2-6,16H,1H3,(H2,15,17,18). The van der Waals surface area contributed by atoms with Gasteiger partial charge in [0.05, 0.1) is 6.20 Å². The maximum atomic E-state index is 13.7. The van der Waals surface area contributed by atoms with E-state index < -0.39 is 5.82 Å². The van der Waals surface area contributed by atoms with Crippen LogP contribution < -0.4 is 5.73 Å². The van der Waals surface area contributed by atoms with Gasteiger partial charge in [0.25, 0.3) is 0 Å². The first-order valence-corrected chi connectivity index (χ1v) is 5.51. The average Bonchev–Trinajstić information content (AvgIpc) is 2.75. The molecule has 0 aliphatic heterocycles. The van der Waals surface area contributed by atoms with Crippen LogP contribution in [0.2, 0.25) is 0 Å². The number of benzene rings is 1. The molecule has 0 aliphatic carbocycles. The molecule has 0 fully saturated rings. The number of nitrogens with one attached hydrogen (secondary N) is 1. The summed E-state index contributed by atoms with van der Waals surface area (Å²) in [6.07, 6.45) is 2.82. The van der Waals surface area contributed by atoms with Crippen molar-refractivity contribution >= 4 is 16.9 Å². The largest absolute Gasteiger partial charge is 0.368 e. The molecule has 1 aromatic carbocycles. The van der Waals surface area contributed by atoms with Gasteiger partial charge in [0, 0.05) is 22.7 Å². The molecule has 0 atom stereocenters. The minimum Gasteiger partial charge on any atom is -0.368 e. The summed E-state index contributed by atoms with van der Waals surface area (Å²) in [6, 6.07) is 5.91. The number of fused-ring (bicyclic) bond motifs is 1. The maximum absolute atomic E-state index is 13.7. The molecule has 0 spiro atoms. The van der Waals surface area contributed by atoms with Gasteiger partial charge in [-0.25, -0.2) is 14.4 Å². The molecule has 0 amide bonds. The number of hydrogen-bond acceptors (Lipinski definition) is 3. The summed E-state index contributed by atoms with van der Waals surface area (Å²) in [5.74, 6) is -0.418. The normalized spacial score (nSPS) is 11.0. The topological polar surface area (TPSA) is 67.6 Å². The Morgan fingerprint density at radius 2 is 2.17 bits per heavy atom. The summed E-state index contributed by atoms with van der Waals surface area (Å²) in [5.41, 5.74) is 8.50. The Kier molecular flexibility index (Phi) is 2.26. The van der Waals surface area contributed by atoms with E-state index in [4.69, 9.17) is 5.73 Å². The molecular formula is C13H11FN4. The Hall–Kier alpha value is -2.43. The van der Waals surface area contributed by atoms with E-state index in [-0.39, 0.29) is 11.6 Å². The van der Waals surface area contributed by atoms with Gasteiger partial charge in [-0.1, -0.05) is 12.1 Å². The maximum Gasteiger partial charge on any atom is 0.220 e. The summed E-state index contributed by atoms with van der Waals surface area (Å²) in [6.45, 7) is 2.00. The number of rotatable bonds is 1. The van der Waals surface area contributed by atoms with Crippen LogP contribution >= 0.6 is 0 Å². The number of anilines is 1. The number of aryl methyl sites for hydroxylation is 1. The van der Waals surface area contributed by atoms with Crippen molar-refractivity contribution in [1.29, 1.82) is 0 Å². The molecule has 5 heteroatoms. The number of aromatic amines is 1. The van der Waals surface area contributed by atoms with E-state index >= 15 is 0 Å². The van der Waals surface area contributed by atoms with Gasteiger partial charge >= 0.3 is 0 Å². The Labute approximate surface area is 103 Å². The fraction of sp³-hybridized carbons (Fsp3) is 0.0769. The molecule has 0 saturated heterocycles. The van der Waals surface area contributed by atoms with Gasteiger partial charge in [0.15, 0.2) is 5.82 Å². The molecule has 18 heavy (non-hydrogen) atoms. The first-order chi connectivity index (χ1) is 8.65. The van der Waals surface area contributed by atoms with Crippen LogP contribution in [0.4, 0.5) is 10.3 Å². The summed E-state index contributed by atoms with van der Waals surface area (Å²) in [7, 11) is 0. The number of nitrogens with zero attached hydrogens (tertiary/aromatic N) is 2. The lowest BCUT2D eigenvalue weighted by Gasteiger charge is -2.01. The quantitative estimate of drug-likeness (QED) is 0.689. The van der Waals surface area contributed by atoms with Crippen molar-refractivity contribution in [2.75, 3.05) is 5.73 Å². The molecule has 0 aliphatic rings. The number of nitrogen functional groups attached to an aromatic ring is 1. The van der Waals surface area contributed by atoms with Crippen LogP contribution in [-0.4, -0.2) is 15.0 Å². The number of halogens is 1. The first-order valence-electron chi connectivity index (χ1n) is 5.51. The lowest BCUT2D eigenvalue weighted by molar-refractivity contribution is 0.619. The number of nitrogens with two attached hydrogens (primary N) is 1. The van der Waals surface area contributed by atoms with E-state index in [1.54, 1.807) is 6.20 Å². The lowest BCUT2D eigenvalue weighted by atomic mass is 10.1. The molecule has 0 bridgehead atoms. The predicted molar refractivity (Wildman–Crippen MR) is 68.4 cm³/mol. The second kappa shape index (κ2) is 3.80. The van der Waals surface area contributed by atoms with E-state index in [1.165, 1.54) is 0 Å². The van der Waals surface area contributed by atoms with Crippen molar-refractivity contribution in [2.45, 2.75) is 6.92 Å². The van der Waals surface area contributed by atoms with Gasteiger partial charge in [-0.05, 0) is 18.6 Å². The van der Waals surface area contributed by atoms with Crippen molar-refractivity contribution in [3.63, 3.8) is 0 Å². The molecule has 3 rings (SSSR count).